The predicted octanol–water partition coefficient (Wildman–Crippen LogP) is 2.11. The maximum absolute atomic E-state index is 11.3. The van der Waals surface area contributed by atoms with Crippen molar-refractivity contribution in [3.8, 4) is 5.75 Å². The summed E-state index contributed by atoms with van der Waals surface area (Å²) in [6.07, 6.45) is 0.132. The van der Waals surface area contributed by atoms with E-state index in [1.54, 1.807) is 13.0 Å². The minimum atomic E-state index is -0.304. The molecule has 0 aliphatic heterocycles. The number of phenols is 1. The van der Waals surface area contributed by atoms with Gasteiger partial charge in [-0.25, -0.2) is 0 Å². The van der Waals surface area contributed by atoms with E-state index in [-0.39, 0.29) is 18.1 Å². The van der Waals surface area contributed by atoms with E-state index in [2.05, 4.69) is 0 Å². The lowest BCUT2D eigenvalue weighted by molar-refractivity contribution is -0.142. The molecule has 1 aromatic rings. The highest BCUT2D eigenvalue weighted by Gasteiger charge is 2.12. The maximum atomic E-state index is 11.3. The van der Waals surface area contributed by atoms with Gasteiger partial charge in [0.05, 0.1) is 13.0 Å². The van der Waals surface area contributed by atoms with Gasteiger partial charge in [-0.2, -0.15) is 0 Å². The Bertz CT molecular complexity index is 369. The van der Waals surface area contributed by atoms with Gasteiger partial charge in [-0.05, 0) is 38.0 Å². The molecule has 0 aliphatic carbocycles. The molecule has 0 fully saturated rings. The van der Waals surface area contributed by atoms with Crippen molar-refractivity contribution in [3.63, 3.8) is 0 Å². The van der Waals surface area contributed by atoms with Crippen LogP contribution in [0.5, 0.6) is 5.75 Å². The summed E-state index contributed by atoms with van der Waals surface area (Å²) in [4.78, 5) is 11.3. The van der Waals surface area contributed by atoms with Gasteiger partial charge in [0.1, 0.15) is 5.75 Å². The summed E-state index contributed by atoms with van der Waals surface area (Å²) < 4.78 is 4.85. The highest BCUT2D eigenvalue weighted by atomic mass is 16.5. The van der Waals surface area contributed by atoms with Crippen LogP contribution >= 0.6 is 0 Å². The average Bonchev–Trinajstić information content (AvgIpc) is 2.19. The summed E-state index contributed by atoms with van der Waals surface area (Å²) in [5.41, 5.74) is 2.67. The van der Waals surface area contributed by atoms with Crippen LogP contribution in [0.1, 0.15) is 23.6 Å². The fourth-order valence-corrected chi connectivity index (χ4v) is 1.44. The van der Waals surface area contributed by atoms with Crippen molar-refractivity contribution >= 4 is 5.97 Å². The third-order valence-electron chi connectivity index (χ3n) is 2.47. The zero-order chi connectivity index (χ0) is 11.4. The van der Waals surface area contributed by atoms with E-state index in [9.17, 15) is 9.90 Å². The molecule has 0 saturated heterocycles. The molecule has 0 bridgehead atoms. The van der Waals surface area contributed by atoms with E-state index in [4.69, 9.17) is 4.74 Å². The molecule has 0 aliphatic rings. The number of aromatic hydroxyl groups is 1. The quantitative estimate of drug-likeness (QED) is 0.774. The Kier molecular flexibility index (Phi) is 3.72. The molecule has 0 spiro atoms. The van der Waals surface area contributed by atoms with E-state index in [0.29, 0.717) is 12.2 Å². The first kappa shape index (κ1) is 11.6. The molecular weight excluding hydrogens is 192 g/mol. The van der Waals surface area contributed by atoms with Gasteiger partial charge < -0.3 is 9.84 Å². The molecular formula is C12H16O3. The van der Waals surface area contributed by atoms with E-state index in [1.807, 2.05) is 19.9 Å². The number of hydrogen-bond donors (Lipinski definition) is 1. The number of esters is 1. The number of rotatable bonds is 3. The van der Waals surface area contributed by atoms with Gasteiger partial charge in [0.15, 0.2) is 0 Å². The molecule has 0 heterocycles. The van der Waals surface area contributed by atoms with E-state index >= 15 is 0 Å². The van der Waals surface area contributed by atoms with Crippen molar-refractivity contribution in [2.45, 2.75) is 27.2 Å². The Morgan fingerprint density at radius 1 is 1.40 bits per heavy atom. The van der Waals surface area contributed by atoms with Crippen molar-refractivity contribution in [2.75, 3.05) is 6.61 Å². The summed E-state index contributed by atoms with van der Waals surface area (Å²) in [6.45, 7) is 5.97. The highest BCUT2D eigenvalue weighted by molar-refractivity contribution is 5.74. The largest absolute Gasteiger partial charge is 0.508 e. The molecule has 3 heteroatoms. The van der Waals surface area contributed by atoms with E-state index in [1.165, 1.54) is 0 Å². The van der Waals surface area contributed by atoms with Crippen LogP contribution in [-0.2, 0) is 16.0 Å². The van der Waals surface area contributed by atoms with Crippen LogP contribution in [0.15, 0.2) is 12.1 Å². The zero-order valence-electron chi connectivity index (χ0n) is 9.33. The summed E-state index contributed by atoms with van der Waals surface area (Å²) in [6, 6.07) is 3.44. The lowest BCUT2D eigenvalue weighted by atomic mass is 10.00. The number of carbonyl (C=O) groups is 1. The molecule has 0 saturated carbocycles. The summed E-state index contributed by atoms with van der Waals surface area (Å²) in [7, 11) is 0. The molecule has 0 amide bonds. The van der Waals surface area contributed by atoms with Crippen LogP contribution in [0.2, 0.25) is 0 Å². The van der Waals surface area contributed by atoms with Crippen molar-refractivity contribution in [2.24, 2.45) is 0 Å². The summed E-state index contributed by atoms with van der Waals surface area (Å²) >= 11 is 0. The van der Waals surface area contributed by atoms with Gasteiger partial charge in [-0.3, -0.25) is 4.79 Å². The number of benzene rings is 1. The predicted molar refractivity (Wildman–Crippen MR) is 57.9 cm³/mol. The molecule has 3 nitrogen and oxygen atoms in total. The second-order valence-electron chi connectivity index (χ2n) is 3.49. The van der Waals surface area contributed by atoms with Crippen LogP contribution in [0.4, 0.5) is 0 Å². The second-order valence-corrected chi connectivity index (χ2v) is 3.49. The Balaban J connectivity index is 2.93. The maximum Gasteiger partial charge on any atom is 0.310 e. The number of phenolic OH excluding ortho intramolecular Hbond substituents is 1. The zero-order valence-corrected chi connectivity index (χ0v) is 9.33. The van der Waals surface area contributed by atoms with Crippen molar-refractivity contribution in [3.05, 3.63) is 28.8 Å². The molecule has 0 radical (unpaired) electrons. The monoisotopic (exact) mass is 208 g/mol. The lowest BCUT2D eigenvalue weighted by Gasteiger charge is -2.10. The number of aryl methyl sites for hydroxylation is 1. The van der Waals surface area contributed by atoms with Crippen LogP contribution in [0.25, 0.3) is 0 Å². The van der Waals surface area contributed by atoms with E-state index < -0.39 is 0 Å². The Hall–Kier alpha value is -1.51. The molecule has 82 valence electrons. The van der Waals surface area contributed by atoms with Crippen molar-refractivity contribution < 1.29 is 14.6 Å². The van der Waals surface area contributed by atoms with E-state index in [0.717, 1.165) is 11.1 Å². The topological polar surface area (TPSA) is 46.5 Å². The normalized spacial score (nSPS) is 10.1. The molecule has 0 aromatic heterocycles. The summed E-state index contributed by atoms with van der Waals surface area (Å²) in [5.74, 6) is -0.146. The average molecular weight is 208 g/mol. The first-order valence-corrected chi connectivity index (χ1v) is 5.00. The number of carbonyl (C=O) groups excluding carboxylic acids is 1. The fraction of sp³-hybridized carbons (Fsp3) is 0.417. The first-order valence-electron chi connectivity index (χ1n) is 5.00. The Morgan fingerprint density at radius 2 is 2.07 bits per heavy atom. The van der Waals surface area contributed by atoms with Gasteiger partial charge in [0.2, 0.25) is 0 Å². The van der Waals surface area contributed by atoms with Gasteiger partial charge in [0, 0.05) is 5.56 Å². The van der Waals surface area contributed by atoms with Gasteiger partial charge in [-0.15, -0.1) is 0 Å². The van der Waals surface area contributed by atoms with Crippen molar-refractivity contribution in [1.29, 1.82) is 0 Å². The standard InChI is InChI=1S/C12H16O3/c1-4-15-12(14)7-10-9(3)8(2)5-6-11(10)13/h5-6,13H,4,7H2,1-3H3. The Morgan fingerprint density at radius 3 is 2.67 bits per heavy atom. The molecule has 1 aromatic carbocycles. The minimum Gasteiger partial charge on any atom is -0.508 e. The second kappa shape index (κ2) is 4.82. The Labute approximate surface area is 89.7 Å². The van der Waals surface area contributed by atoms with Crippen LogP contribution in [0, 0.1) is 13.8 Å². The third kappa shape index (κ3) is 2.72. The van der Waals surface area contributed by atoms with Crippen LogP contribution in [0.3, 0.4) is 0 Å². The summed E-state index contributed by atoms with van der Waals surface area (Å²) in [5, 5.41) is 9.63. The molecule has 1 N–H and O–H groups in total. The number of hydrogen-bond acceptors (Lipinski definition) is 3. The van der Waals surface area contributed by atoms with Crippen LogP contribution in [-0.4, -0.2) is 17.7 Å². The molecule has 1 rings (SSSR count). The van der Waals surface area contributed by atoms with Gasteiger partial charge >= 0.3 is 5.97 Å². The minimum absolute atomic E-state index is 0.132. The third-order valence-corrected chi connectivity index (χ3v) is 2.47. The smallest absolute Gasteiger partial charge is 0.310 e. The molecule has 0 atom stereocenters. The SMILES string of the molecule is CCOC(=O)Cc1c(O)ccc(C)c1C. The molecule has 15 heavy (non-hydrogen) atoms. The highest BCUT2D eigenvalue weighted by Crippen LogP contribution is 2.24. The lowest BCUT2D eigenvalue weighted by Crippen LogP contribution is -2.09. The van der Waals surface area contributed by atoms with Gasteiger partial charge in [-0.1, -0.05) is 6.07 Å². The van der Waals surface area contributed by atoms with Gasteiger partial charge in [0.25, 0.3) is 0 Å². The molecule has 0 unspecified atom stereocenters. The first-order chi connectivity index (χ1) is 7.06. The van der Waals surface area contributed by atoms with Crippen LogP contribution < -0.4 is 0 Å². The fourth-order valence-electron chi connectivity index (χ4n) is 1.44. The number of ether oxygens (including phenoxy) is 1. The van der Waals surface area contributed by atoms with Crippen molar-refractivity contribution in [1.82, 2.24) is 0 Å².